The molecule has 0 heterocycles. The van der Waals surface area contributed by atoms with Gasteiger partial charge in [-0.3, -0.25) is 4.99 Å². The highest BCUT2D eigenvalue weighted by Gasteiger charge is 2.13. The third-order valence-corrected chi connectivity index (χ3v) is 5.18. The molecule has 144 valence electrons. The fraction of sp³-hybridized carbons (Fsp3) is 0.588. The van der Waals surface area contributed by atoms with E-state index in [4.69, 9.17) is 0 Å². The van der Waals surface area contributed by atoms with Gasteiger partial charge < -0.3 is 10.2 Å². The molecular formula is C17H31IN4O2S. The summed E-state index contributed by atoms with van der Waals surface area (Å²) in [4.78, 5) is 6.34. The van der Waals surface area contributed by atoms with Crippen LogP contribution < -0.4 is 5.32 Å². The zero-order chi connectivity index (χ0) is 18.2. The number of guanidine groups is 1. The maximum Gasteiger partial charge on any atom is 0.211 e. The lowest BCUT2D eigenvalue weighted by Gasteiger charge is -2.23. The van der Waals surface area contributed by atoms with Crippen molar-refractivity contribution in [3.8, 4) is 0 Å². The van der Waals surface area contributed by atoms with Crippen LogP contribution in [0.5, 0.6) is 0 Å². The summed E-state index contributed by atoms with van der Waals surface area (Å²) in [6.45, 7) is 6.38. The highest BCUT2D eigenvalue weighted by Crippen LogP contribution is 2.06. The lowest BCUT2D eigenvalue weighted by molar-refractivity contribution is 0.419. The number of hydrogen-bond donors (Lipinski definition) is 1. The van der Waals surface area contributed by atoms with Crippen LogP contribution in [-0.4, -0.2) is 63.6 Å². The Bertz CT molecular complexity index is 633. The smallest absolute Gasteiger partial charge is 0.211 e. The average Bonchev–Trinajstić information content (AvgIpc) is 2.51. The number of benzene rings is 1. The number of aliphatic imine (C=N–C) groups is 1. The Hall–Kier alpha value is -0.870. The quantitative estimate of drug-likeness (QED) is 0.267. The van der Waals surface area contributed by atoms with Crippen molar-refractivity contribution in [3.05, 3.63) is 35.4 Å². The van der Waals surface area contributed by atoms with Gasteiger partial charge in [0.15, 0.2) is 5.96 Å². The van der Waals surface area contributed by atoms with Crippen molar-refractivity contribution in [3.63, 3.8) is 0 Å². The fourth-order valence-electron chi connectivity index (χ4n) is 2.44. The van der Waals surface area contributed by atoms with E-state index >= 15 is 0 Å². The Morgan fingerprint density at radius 2 is 1.84 bits per heavy atom. The molecule has 0 aliphatic carbocycles. The molecule has 0 amide bonds. The Morgan fingerprint density at radius 1 is 1.24 bits per heavy atom. The first-order valence-electron chi connectivity index (χ1n) is 8.20. The molecule has 1 rings (SSSR count). The molecule has 0 unspecified atom stereocenters. The van der Waals surface area contributed by atoms with E-state index in [1.54, 1.807) is 7.05 Å². The molecule has 8 heteroatoms. The molecule has 0 saturated carbocycles. The average molecular weight is 482 g/mol. The lowest BCUT2D eigenvalue weighted by atomic mass is 10.1. The molecule has 25 heavy (non-hydrogen) atoms. The van der Waals surface area contributed by atoms with Crippen molar-refractivity contribution >= 4 is 40.0 Å². The highest BCUT2D eigenvalue weighted by atomic mass is 127. The summed E-state index contributed by atoms with van der Waals surface area (Å²) < 4.78 is 24.6. The van der Waals surface area contributed by atoms with Gasteiger partial charge in [0.1, 0.15) is 0 Å². The SMILES string of the molecule is CCN(CCCNC(=NC)N(C)Cc1ccc(C)cc1)S(C)(=O)=O.I. The van der Waals surface area contributed by atoms with E-state index in [9.17, 15) is 8.42 Å². The van der Waals surface area contributed by atoms with Gasteiger partial charge in [0.25, 0.3) is 0 Å². The molecule has 0 aliphatic heterocycles. The molecule has 1 N–H and O–H groups in total. The van der Waals surface area contributed by atoms with Gasteiger partial charge in [-0.05, 0) is 18.9 Å². The van der Waals surface area contributed by atoms with E-state index in [1.165, 1.54) is 21.7 Å². The monoisotopic (exact) mass is 482 g/mol. The number of halogens is 1. The molecule has 1 aromatic rings. The van der Waals surface area contributed by atoms with Crippen molar-refractivity contribution in [2.45, 2.75) is 26.8 Å². The van der Waals surface area contributed by atoms with E-state index in [0.29, 0.717) is 19.6 Å². The van der Waals surface area contributed by atoms with Crippen molar-refractivity contribution in [2.24, 2.45) is 4.99 Å². The van der Waals surface area contributed by atoms with Crippen LogP contribution in [0, 0.1) is 6.92 Å². The van der Waals surface area contributed by atoms with E-state index in [-0.39, 0.29) is 24.0 Å². The zero-order valence-electron chi connectivity index (χ0n) is 15.8. The summed E-state index contributed by atoms with van der Waals surface area (Å²) in [6.07, 6.45) is 1.98. The van der Waals surface area contributed by atoms with Gasteiger partial charge in [-0.2, -0.15) is 0 Å². The molecule has 0 atom stereocenters. The second-order valence-electron chi connectivity index (χ2n) is 5.92. The minimum Gasteiger partial charge on any atom is -0.356 e. The van der Waals surface area contributed by atoms with Crippen LogP contribution in [0.4, 0.5) is 0 Å². The minimum atomic E-state index is -3.12. The van der Waals surface area contributed by atoms with Crippen LogP contribution in [-0.2, 0) is 16.6 Å². The largest absolute Gasteiger partial charge is 0.356 e. The van der Waals surface area contributed by atoms with Crippen LogP contribution in [0.3, 0.4) is 0 Å². The van der Waals surface area contributed by atoms with Gasteiger partial charge in [-0.15, -0.1) is 24.0 Å². The van der Waals surface area contributed by atoms with Gasteiger partial charge in [0.05, 0.1) is 6.26 Å². The number of rotatable bonds is 8. The maximum absolute atomic E-state index is 11.6. The van der Waals surface area contributed by atoms with Crippen LogP contribution in [0.1, 0.15) is 24.5 Å². The molecule has 0 aromatic heterocycles. The first-order chi connectivity index (χ1) is 11.3. The number of sulfonamides is 1. The number of hydrogen-bond acceptors (Lipinski definition) is 3. The first-order valence-corrected chi connectivity index (χ1v) is 10.0. The van der Waals surface area contributed by atoms with Crippen LogP contribution in [0.25, 0.3) is 0 Å². The topological polar surface area (TPSA) is 65.0 Å². The van der Waals surface area contributed by atoms with Crippen LogP contribution in [0.2, 0.25) is 0 Å². The van der Waals surface area contributed by atoms with E-state index in [2.05, 4.69) is 46.4 Å². The van der Waals surface area contributed by atoms with E-state index in [1.807, 2.05) is 14.0 Å². The summed E-state index contributed by atoms with van der Waals surface area (Å²) in [5, 5.41) is 3.29. The van der Waals surface area contributed by atoms with Crippen molar-refractivity contribution in [2.75, 3.05) is 40.0 Å². The fourth-order valence-corrected chi connectivity index (χ4v) is 3.37. The summed E-state index contributed by atoms with van der Waals surface area (Å²) in [6, 6.07) is 8.43. The molecule has 0 radical (unpaired) electrons. The van der Waals surface area contributed by atoms with E-state index < -0.39 is 10.0 Å². The Balaban J connectivity index is 0.00000576. The second-order valence-corrected chi connectivity index (χ2v) is 7.91. The van der Waals surface area contributed by atoms with Crippen molar-refractivity contribution in [1.29, 1.82) is 0 Å². The highest BCUT2D eigenvalue weighted by molar-refractivity contribution is 14.0. The Morgan fingerprint density at radius 3 is 2.32 bits per heavy atom. The summed E-state index contributed by atoms with van der Waals surface area (Å²) in [7, 11) is 0.626. The summed E-state index contributed by atoms with van der Waals surface area (Å²) in [5.74, 6) is 0.804. The van der Waals surface area contributed by atoms with Gasteiger partial charge in [-0.25, -0.2) is 12.7 Å². The standard InChI is InChI=1S/C17H30N4O2S.HI/c1-6-21(24(5,22)23)13-7-12-19-17(18-3)20(4)14-16-10-8-15(2)9-11-16;/h8-11H,6-7,12-14H2,1-5H3,(H,18,19);1H. The third kappa shape index (κ3) is 8.87. The number of nitrogens with one attached hydrogen (secondary N) is 1. The molecule has 0 spiro atoms. The van der Waals surface area contributed by atoms with E-state index in [0.717, 1.165) is 18.9 Å². The maximum atomic E-state index is 11.6. The Labute approximate surface area is 169 Å². The Kier molecular flexibility index (Phi) is 11.3. The molecule has 0 aliphatic rings. The molecule has 1 aromatic carbocycles. The summed E-state index contributed by atoms with van der Waals surface area (Å²) >= 11 is 0. The first kappa shape index (κ1) is 24.1. The van der Waals surface area contributed by atoms with Gasteiger partial charge >= 0.3 is 0 Å². The molecule has 0 bridgehead atoms. The molecule has 0 fully saturated rings. The van der Waals surface area contributed by atoms with Gasteiger partial charge in [0, 0.05) is 40.3 Å². The van der Waals surface area contributed by atoms with Crippen molar-refractivity contribution in [1.82, 2.24) is 14.5 Å². The zero-order valence-corrected chi connectivity index (χ0v) is 19.0. The van der Waals surface area contributed by atoms with Crippen molar-refractivity contribution < 1.29 is 8.42 Å². The lowest BCUT2D eigenvalue weighted by Crippen LogP contribution is -2.40. The molecule has 6 nitrogen and oxygen atoms in total. The van der Waals surface area contributed by atoms with Crippen LogP contribution in [0.15, 0.2) is 29.3 Å². The number of aryl methyl sites for hydroxylation is 1. The predicted molar refractivity (Wildman–Crippen MR) is 116 cm³/mol. The predicted octanol–water partition coefficient (Wildman–Crippen LogP) is 2.29. The molecule has 0 saturated heterocycles. The molecular weight excluding hydrogens is 451 g/mol. The third-order valence-electron chi connectivity index (χ3n) is 3.80. The normalized spacial score (nSPS) is 12.0. The number of nitrogens with zero attached hydrogens (tertiary/aromatic N) is 3. The summed E-state index contributed by atoms with van der Waals surface area (Å²) in [5.41, 5.74) is 2.47. The van der Waals surface area contributed by atoms with Gasteiger partial charge in [-0.1, -0.05) is 36.8 Å². The van der Waals surface area contributed by atoms with Crippen LogP contribution >= 0.6 is 24.0 Å². The minimum absolute atomic E-state index is 0. The van der Waals surface area contributed by atoms with Gasteiger partial charge in [0.2, 0.25) is 10.0 Å². The second kappa shape index (κ2) is 11.7.